The number of rotatable bonds is 5. The number of hydrogen-bond acceptors (Lipinski definition) is 5. The van der Waals surface area contributed by atoms with E-state index in [1.54, 1.807) is 36.7 Å². The first kappa shape index (κ1) is 16.9. The summed E-state index contributed by atoms with van der Waals surface area (Å²) in [5.41, 5.74) is 2.27. The Kier molecular flexibility index (Phi) is 5.26. The minimum Gasteiger partial charge on any atom is -0.378 e. The van der Waals surface area contributed by atoms with Gasteiger partial charge >= 0.3 is 0 Å². The standard InChI is InChI=1S/C19H20N4O2/c1-13(18-6-3-9-25-18)22-16-7-8-21-12-17(16)23-19(24)15-5-2-4-14(10-15)11-20/h2,4-5,7-8,10,12-13,18H,3,6,9H2,1H3,(H,21,22)(H,23,24)/t13-,18-/m0/s1. The summed E-state index contributed by atoms with van der Waals surface area (Å²) in [6.07, 6.45) is 5.56. The summed E-state index contributed by atoms with van der Waals surface area (Å²) >= 11 is 0. The maximum atomic E-state index is 12.5. The van der Waals surface area contributed by atoms with Crippen LogP contribution in [0.2, 0.25) is 0 Å². The zero-order valence-electron chi connectivity index (χ0n) is 14.0. The highest BCUT2D eigenvalue weighted by atomic mass is 16.5. The average Bonchev–Trinajstić information content (AvgIpc) is 3.18. The van der Waals surface area contributed by atoms with E-state index in [9.17, 15) is 4.79 Å². The summed E-state index contributed by atoms with van der Waals surface area (Å²) in [5.74, 6) is -0.280. The molecule has 2 heterocycles. The highest BCUT2D eigenvalue weighted by Crippen LogP contribution is 2.24. The molecule has 6 nitrogen and oxygen atoms in total. The van der Waals surface area contributed by atoms with Crippen molar-refractivity contribution in [1.82, 2.24) is 4.98 Å². The van der Waals surface area contributed by atoms with Crippen LogP contribution in [-0.2, 0) is 4.74 Å². The van der Waals surface area contributed by atoms with E-state index < -0.39 is 0 Å². The Morgan fingerprint density at radius 1 is 1.40 bits per heavy atom. The smallest absolute Gasteiger partial charge is 0.255 e. The molecule has 1 fully saturated rings. The number of benzene rings is 1. The molecule has 1 amide bonds. The predicted octanol–water partition coefficient (Wildman–Crippen LogP) is 3.18. The van der Waals surface area contributed by atoms with Crippen molar-refractivity contribution >= 4 is 17.3 Å². The van der Waals surface area contributed by atoms with Crippen molar-refractivity contribution < 1.29 is 9.53 Å². The predicted molar refractivity (Wildman–Crippen MR) is 95.4 cm³/mol. The monoisotopic (exact) mass is 336 g/mol. The van der Waals surface area contributed by atoms with E-state index >= 15 is 0 Å². The third-order valence-electron chi connectivity index (χ3n) is 4.23. The summed E-state index contributed by atoms with van der Waals surface area (Å²) in [6, 6.07) is 10.6. The lowest BCUT2D eigenvalue weighted by Gasteiger charge is -2.22. The molecule has 1 aromatic heterocycles. The number of amides is 1. The van der Waals surface area contributed by atoms with Crippen LogP contribution in [-0.4, -0.2) is 29.6 Å². The number of nitriles is 1. The number of pyridine rings is 1. The lowest BCUT2D eigenvalue weighted by molar-refractivity contribution is 0.0997. The number of ether oxygens (including phenoxy) is 1. The van der Waals surface area contributed by atoms with Crippen LogP contribution >= 0.6 is 0 Å². The minimum absolute atomic E-state index is 0.127. The lowest BCUT2D eigenvalue weighted by atomic mass is 10.1. The largest absolute Gasteiger partial charge is 0.378 e. The number of carbonyl (C=O) groups excluding carboxylic acids is 1. The topological polar surface area (TPSA) is 87.0 Å². The third kappa shape index (κ3) is 4.14. The van der Waals surface area contributed by atoms with Gasteiger partial charge in [-0.2, -0.15) is 5.26 Å². The van der Waals surface area contributed by atoms with Crippen LogP contribution in [0.5, 0.6) is 0 Å². The fraction of sp³-hybridized carbons (Fsp3) is 0.316. The van der Waals surface area contributed by atoms with Gasteiger partial charge in [0.15, 0.2) is 0 Å². The molecule has 1 saturated heterocycles. The molecule has 6 heteroatoms. The van der Waals surface area contributed by atoms with Gasteiger partial charge in [-0.3, -0.25) is 9.78 Å². The highest BCUT2D eigenvalue weighted by Gasteiger charge is 2.23. The van der Waals surface area contributed by atoms with E-state index in [1.807, 2.05) is 12.1 Å². The van der Waals surface area contributed by atoms with Gasteiger partial charge in [0.1, 0.15) is 0 Å². The summed E-state index contributed by atoms with van der Waals surface area (Å²) in [4.78, 5) is 16.6. The molecule has 1 aliphatic heterocycles. The summed E-state index contributed by atoms with van der Waals surface area (Å²) in [7, 11) is 0. The Bertz CT molecular complexity index is 794. The summed E-state index contributed by atoms with van der Waals surface area (Å²) < 4.78 is 5.71. The first-order valence-corrected chi connectivity index (χ1v) is 8.31. The Labute approximate surface area is 146 Å². The van der Waals surface area contributed by atoms with Gasteiger partial charge in [-0.25, -0.2) is 0 Å². The van der Waals surface area contributed by atoms with Crippen molar-refractivity contribution in [1.29, 1.82) is 5.26 Å². The fourth-order valence-electron chi connectivity index (χ4n) is 2.88. The maximum Gasteiger partial charge on any atom is 0.255 e. The molecule has 0 saturated carbocycles. The van der Waals surface area contributed by atoms with Gasteiger partial charge in [0, 0.05) is 24.4 Å². The number of hydrogen-bond donors (Lipinski definition) is 2. The molecule has 1 aliphatic rings. The molecule has 2 N–H and O–H groups in total. The van der Waals surface area contributed by atoms with E-state index in [0.717, 1.165) is 25.1 Å². The molecule has 3 rings (SSSR count). The van der Waals surface area contributed by atoms with Crippen molar-refractivity contribution in [2.45, 2.75) is 31.9 Å². The quantitative estimate of drug-likeness (QED) is 0.875. The molecule has 1 aromatic carbocycles. The zero-order chi connectivity index (χ0) is 17.6. The molecule has 0 aliphatic carbocycles. The molecule has 25 heavy (non-hydrogen) atoms. The molecule has 2 atom stereocenters. The van der Waals surface area contributed by atoms with Gasteiger partial charge in [-0.05, 0) is 44.0 Å². The van der Waals surface area contributed by atoms with Crippen LogP contribution in [0.15, 0.2) is 42.7 Å². The lowest BCUT2D eigenvalue weighted by Crippen LogP contribution is -2.30. The Balaban J connectivity index is 1.74. The molecule has 128 valence electrons. The SMILES string of the molecule is C[C@H](Nc1ccncc1NC(=O)c1cccc(C#N)c1)[C@@H]1CCCO1. The first-order chi connectivity index (χ1) is 12.2. The van der Waals surface area contributed by atoms with E-state index in [4.69, 9.17) is 10.00 Å². The van der Waals surface area contributed by atoms with Crippen LogP contribution in [0.1, 0.15) is 35.7 Å². The van der Waals surface area contributed by atoms with Crippen LogP contribution in [0.3, 0.4) is 0 Å². The van der Waals surface area contributed by atoms with Crippen molar-refractivity contribution in [3.8, 4) is 6.07 Å². The Morgan fingerprint density at radius 2 is 2.28 bits per heavy atom. The second kappa shape index (κ2) is 7.77. The van der Waals surface area contributed by atoms with Gasteiger partial charge < -0.3 is 15.4 Å². The molecular formula is C19H20N4O2. The van der Waals surface area contributed by atoms with E-state index in [2.05, 4.69) is 22.5 Å². The summed E-state index contributed by atoms with van der Waals surface area (Å²) in [6.45, 7) is 2.87. The van der Waals surface area contributed by atoms with Gasteiger partial charge in [-0.15, -0.1) is 0 Å². The number of nitrogens with zero attached hydrogens (tertiary/aromatic N) is 2. The summed E-state index contributed by atoms with van der Waals surface area (Å²) in [5, 5.41) is 15.2. The van der Waals surface area contributed by atoms with Crippen LogP contribution < -0.4 is 10.6 Å². The van der Waals surface area contributed by atoms with Crippen molar-refractivity contribution in [2.24, 2.45) is 0 Å². The van der Waals surface area contributed by atoms with Gasteiger partial charge in [0.05, 0.1) is 35.3 Å². The number of anilines is 2. The molecule has 0 bridgehead atoms. The van der Waals surface area contributed by atoms with E-state index in [0.29, 0.717) is 16.8 Å². The zero-order valence-corrected chi connectivity index (χ0v) is 14.0. The Hall–Kier alpha value is -2.91. The highest BCUT2D eigenvalue weighted by molar-refractivity contribution is 6.05. The van der Waals surface area contributed by atoms with Crippen LogP contribution in [0.25, 0.3) is 0 Å². The third-order valence-corrected chi connectivity index (χ3v) is 4.23. The normalized spacial score (nSPS) is 17.5. The van der Waals surface area contributed by atoms with Crippen molar-refractivity contribution in [3.63, 3.8) is 0 Å². The van der Waals surface area contributed by atoms with Crippen LogP contribution in [0, 0.1) is 11.3 Å². The molecule has 0 unspecified atom stereocenters. The molecule has 0 spiro atoms. The van der Waals surface area contributed by atoms with E-state index in [1.165, 1.54) is 0 Å². The average molecular weight is 336 g/mol. The second-order valence-electron chi connectivity index (χ2n) is 6.05. The first-order valence-electron chi connectivity index (χ1n) is 8.31. The van der Waals surface area contributed by atoms with Gasteiger partial charge in [0.25, 0.3) is 5.91 Å². The van der Waals surface area contributed by atoms with Gasteiger partial charge in [0.2, 0.25) is 0 Å². The van der Waals surface area contributed by atoms with Gasteiger partial charge in [-0.1, -0.05) is 6.07 Å². The molecular weight excluding hydrogens is 316 g/mol. The van der Waals surface area contributed by atoms with Crippen LogP contribution in [0.4, 0.5) is 11.4 Å². The minimum atomic E-state index is -0.280. The van der Waals surface area contributed by atoms with E-state index in [-0.39, 0.29) is 18.1 Å². The van der Waals surface area contributed by atoms with Crippen molar-refractivity contribution in [3.05, 3.63) is 53.9 Å². The number of nitrogens with one attached hydrogen (secondary N) is 2. The number of aromatic nitrogens is 1. The Morgan fingerprint density at radius 3 is 3.04 bits per heavy atom. The maximum absolute atomic E-state index is 12.5. The fourth-order valence-corrected chi connectivity index (χ4v) is 2.88. The van der Waals surface area contributed by atoms with Crippen molar-refractivity contribution in [2.75, 3.05) is 17.2 Å². The number of carbonyl (C=O) groups is 1. The second-order valence-corrected chi connectivity index (χ2v) is 6.05. The molecule has 2 aromatic rings. The molecule has 0 radical (unpaired) electrons.